The number of benzene rings is 1. The van der Waals surface area contributed by atoms with E-state index < -0.39 is 0 Å². The van der Waals surface area contributed by atoms with Crippen molar-refractivity contribution in [1.82, 2.24) is 9.78 Å². The van der Waals surface area contributed by atoms with E-state index in [1.54, 1.807) is 0 Å². The predicted octanol–water partition coefficient (Wildman–Crippen LogP) is 2.83. The minimum atomic E-state index is 0.617. The Balaban J connectivity index is 1.97. The van der Waals surface area contributed by atoms with Crippen LogP contribution in [0.5, 0.6) is 0 Å². The molecule has 0 spiro atoms. The number of rotatable bonds is 5. The number of hydrogen-bond acceptors (Lipinski definition) is 3. The van der Waals surface area contributed by atoms with Gasteiger partial charge in [-0.2, -0.15) is 10.4 Å². The summed E-state index contributed by atoms with van der Waals surface area (Å²) in [7, 11) is 0. The Bertz CT molecular complexity index is 534. The highest BCUT2D eigenvalue weighted by Crippen LogP contribution is 2.19. The van der Waals surface area contributed by atoms with Gasteiger partial charge in [-0.15, -0.1) is 0 Å². The van der Waals surface area contributed by atoms with Crippen LogP contribution in [0.25, 0.3) is 11.1 Å². The van der Waals surface area contributed by atoms with Gasteiger partial charge < -0.3 is 5.73 Å². The van der Waals surface area contributed by atoms with Gasteiger partial charge in [-0.25, -0.2) is 0 Å². The van der Waals surface area contributed by atoms with Crippen molar-refractivity contribution in [1.29, 1.82) is 5.26 Å². The van der Waals surface area contributed by atoms with E-state index in [4.69, 9.17) is 11.0 Å². The van der Waals surface area contributed by atoms with Crippen LogP contribution >= 0.6 is 0 Å². The van der Waals surface area contributed by atoms with E-state index in [2.05, 4.69) is 11.2 Å². The molecule has 2 rings (SSSR count). The van der Waals surface area contributed by atoms with Gasteiger partial charge in [0.25, 0.3) is 0 Å². The molecular formula is C14H16N4. The summed E-state index contributed by atoms with van der Waals surface area (Å²) < 4.78 is 1.92. The van der Waals surface area contributed by atoms with Crippen LogP contribution in [0.2, 0.25) is 0 Å². The Morgan fingerprint density at radius 1 is 1.17 bits per heavy atom. The summed E-state index contributed by atoms with van der Waals surface area (Å²) >= 11 is 0. The molecule has 18 heavy (non-hydrogen) atoms. The van der Waals surface area contributed by atoms with Gasteiger partial charge in [-0.3, -0.25) is 4.68 Å². The third-order valence-corrected chi connectivity index (χ3v) is 2.80. The largest absolute Gasteiger partial charge is 0.399 e. The number of nitriles is 1. The Morgan fingerprint density at radius 3 is 2.67 bits per heavy atom. The molecule has 1 aromatic carbocycles. The van der Waals surface area contributed by atoms with E-state index in [0.29, 0.717) is 6.42 Å². The number of aromatic nitrogens is 2. The molecule has 0 radical (unpaired) electrons. The van der Waals surface area contributed by atoms with Crippen LogP contribution in [0.1, 0.15) is 19.3 Å². The third-order valence-electron chi connectivity index (χ3n) is 2.80. The maximum atomic E-state index is 8.46. The maximum Gasteiger partial charge on any atom is 0.0621 e. The molecule has 4 nitrogen and oxygen atoms in total. The lowest BCUT2D eigenvalue weighted by molar-refractivity contribution is 0.562. The highest BCUT2D eigenvalue weighted by molar-refractivity contribution is 5.63. The van der Waals surface area contributed by atoms with Gasteiger partial charge in [0.2, 0.25) is 0 Å². The second kappa shape index (κ2) is 5.87. The quantitative estimate of drug-likeness (QED) is 0.645. The lowest BCUT2D eigenvalue weighted by Crippen LogP contribution is -1.97. The molecule has 0 saturated heterocycles. The van der Waals surface area contributed by atoms with Crippen LogP contribution in [0, 0.1) is 11.3 Å². The van der Waals surface area contributed by atoms with Crippen molar-refractivity contribution in [3.05, 3.63) is 36.7 Å². The van der Waals surface area contributed by atoms with Gasteiger partial charge in [-0.1, -0.05) is 12.1 Å². The minimum Gasteiger partial charge on any atom is -0.399 e. The normalized spacial score (nSPS) is 10.2. The fourth-order valence-corrected chi connectivity index (χ4v) is 1.79. The fourth-order valence-electron chi connectivity index (χ4n) is 1.79. The van der Waals surface area contributed by atoms with E-state index in [0.717, 1.165) is 36.2 Å². The number of aryl methyl sites for hydroxylation is 1. The minimum absolute atomic E-state index is 0.617. The first-order chi connectivity index (χ1) is 8.79. The molecule has 92 valence electrons. The molecule has 0 aliphatic carbocycles. The molecule has 2 N–H and O–H groups in total. The number of nitrogens with zero attached hydrogens (tertiary/aromatic N) is 3. The first kappa shape index (κ1) is 12.2. The standard InChI is InChI=1S/C14H16N4/c15-8-2-1-3-9-18-11-13(10-17-18)12-4-6-14(16)7-5-12/h4-7,10-11H,1-3,9,16H2. The molecule has 0 aliphatic heterocycles. The fraction of sp³-hybridized carbons (Fsp3) is 0.286. The van der Waals surface area contributed by atoms with Crippen molar-refractivity contribution in [2.24, 2.45) is 0 Å². The Hall–Kier alpha value is -2.28. The van der Waals surface area contributed by atoms with Gasteiger partial charge in [0.15, 0.2) is 0 Å². The van der Waals surface area contributed by atoms with Gasteiger partial charge in [0.1, 0.15) is 0 Å². The van der Waals surface area contributed by atoms with Crippen LogP contribution in [0.4, 0.5) is 5.69 Å². The molecule has 0 fully saturated rings. The summed E-state index contributed by atoms with van der Waals surface area (Å²) in [5.74, 6) is 0. The number of hydrogen-bond donors (Lipinski definition) is 1. The van der Waals surface area contributed by atoms with E-state index >= 15 is 0 Å². The van der Waals surface area contributed by atoms with Crippen molar-refractivity contribution in [3.8, 4) is 17.2 Å². The summed E-state index contributed by atoms with van der Waals surface area (Å²) in [6.45, 7) is 0.858. The Kier molecular flexibility index (Phi) is 3.98. The van der Waals surface area contributed by atoms with Gasteiger partial charge in [0, 0.05) is 30.4 Å². The smallest absolute Gasteiger partial charge is 0.0621 e. The van der Waals surface area contributed by atoms with Crippen molar-refractivity contribution in [3.63, 3.8) is 0 Å². The highest BCUT2D eigenvalue weighted by Gasteiger charge is 2.01. The first-order valence-electron chi connectivity index (χ1n) is 6.05. The zero-order chi connectivity index (χ0) is 12.8. The van der Waals surface area contributed by atoms with Crippen molar-refractivity contribution in [2.45, 2.75) is 25.8 Å². The number of nitrogen functional groups attached to an aromatic ring is 1. The molecule has 0 aliphatic rings. The van der Waals surface area contributed by atoms with E-state index in [1.807, 2.05) is 41.3 Å². The molecule has 1 heterocycles. The van der Waals surface area contributed by atoms with Crippen molar-refractivity contribution < 1.29 is 0 Å². The van der Waals surface area contributed by atoms with Crippen LogP contribution in [-0.2, 0) is 6.54 Å². The molecule has 0 saturated carbocycles. The van der Waals surface area contributed by atoms with Crippen molar-refractivity contribution in [2.75, 3.05) is 5.73 Å². The van der Waals surface area contributed by atoms with Gasteiger partial charge in [0.05, 0.1) is 12.3 Å². The second-order valence-corrected chi connectivity index (χ2v) is 4.23. The van der Waals surface area contributed by atoms with E-state index in [1.165, 1.54) is 0 Å². The molecule has 4 heteroatoms. The molecule has 2 aromatic rings. The third kappa shape index (κ3) is 3.11. The number of nitrogens with two attached hydrogens (primary N) is 1. The average molecular weight is 240 g/mol. The second-order valence-electron chi connectivity index (χ2n) is 4.23. The molecule has 0 amide bonds. The zero-order valence-electron chi connectivity index (χ0n) is 10.2. The maximum absolute atomic E-state index is 8.46. The monoisotopic (exact) mass is 240 g/mol. The van der Waals surface area contributed by atoms with Crippen LogP contribution < -0.4 is 5.73 Å². The van der Waals surface area contributed by atoms with Crippen LogP contribution in [0.15, 0.2) is 36.7 Å². The van der Waals surface area contributed by atoms with Gasteiger partial charge in [-0.05, 0) is 30.5 Å². The van der Waals surface area contributed by atoms with E-state index in [-0.39, 0.29) is 0 Å². The molecule has 1 aromatic heterocycles. The Morgan fingerprint density at radius 2 is 1.94 bits per heavy atom. The first-order valence-corrected chi connectivity index (χ1v) is 6.05. The lowest BCUT2D eigenvalue weighted by atomic mass is 10.1. The summed E-state index contributed by atoms with van der Waals surface area (Å²) in [5.41, 5.74) is 8.63. The number of unbranched alkanes of at least 4 members (excludes halogenated alkanes) is 2. The number of anilines is 1. The van der Waals surface area contributed by atoms with Crippen LogP contribution in [0.3, 0.4) is 0 Å². The lowest BCUT2D eigenvalue weighted by Gasteiger charge is -1.99. The summed E-state index contributed by atoms with van der Waals surface area (Å²) in [5, 5.41) is 12.8. The molecular weight excluding hydrogens is 224 g/mol. The predicted molar refractivity (Wildman–Crippen MR) is 71.5 cm³/mol. The molecule has 0 bridgehead atoms. The van der Waals surface area contributed by atoms with Gasteiger partial charge >= 0.3 is 0 Å². The Labute approximate surface area is 107 Å². The topological polar surface area (TPSA) is 67.6 Å². The van der Waals surface area contributed by atoms with E-state index in [9.17, 15) is 0 Å². The molecule has 0 unspecified atom stereocenters. The average Bonchev–Trinajstić information content (AvgIpc) is 2.84. The summed E-state index contributed by atoms with van der Waals surface area (Å²) in [6, 6.07) is 9.91. The van der Waals surface area contributed by atoms with Crippen LogP contribution in [-0.4, -0.2) is 9.78 Å². The highest BCUT2D eigenvalue weighted by atomic mass is 15.3. The molecule has 0 atom stereocenters. The summed E-state index contributed by atoms with van der Waals surface area (Å²) in [6.07, 6.45) is 6.41. The van der Waals surface area contributed by atoms with Crippen molar-refractivity contribution >= 4 is 5.69 Å². The SMILES string of the molecule is N#CCCCCn1cc(-c2ccc(N)cc2)cn1. The zero-order valence-corrected chi connectivity index (χ0v) is 10.2. The summed E-state index contributed by atoms with van der Waals surface area (Å²) in [4.78, 5) is 0.